The highest BCUT2D eigenvalue weighted by molar-refractivity contribution is 6.08. The highest BCUT2D eigenvalue weighted by atomic mass is 19.1. The number of aryl methyl sites for hydroxylation is 1. The summed E-state index contributed by atoms with van der Waals surface area (Å²) >= 11 is 0. The van der Waals surface area contributed by atoms with Crippen LogP contribution in [0.1, 0.15) is 26.3 Å². The van der Waals surface area contributed by atoms with E-state index < -0.39 is 29.1 Å². The largest absolute Gasteiger partial charge is 0.478 e. The molecule has 0 bridgehead atoms. The number of anilines is 1. The molecule has 0 saturated heterocycles. The molecule has 1 amide bonds. The number of hydrogen-bond donors (Lipinski definition) is 2. The van der Waals surface area contributed by atoms with Crippen molar-refractivity contribution in [1.29, 1.82) is 0 Å². The molecule has 0 aliphatic carbocycles. The molecule has 0 spiro atoms. The molecule has 0 saturated carbocycles. The molecule has 2 aromatic carbocycles. The van der Waals surface area contributed by atoms with Crippen LogP contribution in [0.25, 0.3) is 0 Å². The number of carbonyl (C=O) groups is 2. The molecule has 0 heterocycles. The van der Waals surface area contributed by atoms with Crippen LogP contribution in [0.15, 0.2) is 36.4 Å². The first kappa shape index (κ1) is 14.6. The monoisotopic (exact) mass is 291 g/mol. The Morgan fingerprint density at radius 2 is 1.76 bits per heavy atom. The van der Waals surface area contributed by atoms with Crippen LogP contribution in [0.5, 0.6) is 0 Å². The highest BCUT2D eigenvalue weighted by Crippen LogP contribution is 2.20. The SMILES string of the molecule is Cc1ccc(F)c(C(=O)Nc2ccccc2C(=O)O)c1F. The van der Waals surface area contributed by atoms with Crippen molar-refractivity contribution >= 4 is 17.6 Å². The summed E-state index contributed by atoms with van der Waals surface area (Å²) in [6.07, 6.45) is 0. The van der Waals surface area contributed by atoms with Gasteiger partial charge in [0.15, 0.2) is 0 Å². The van der Waals surface area contributed by atoms with Crippen molar-refractivity contribution in [3.63, 3.8) is 0 Å². The zero-order chi connectivity index (χ0) is 15.6. The topological polar surface area (TPSA) is 66.4 Å². The van der Waals surface area contributed by atoms with Gasteiger partial charge in [0.1, 0.15) is 17.2 Å². The molecule has 2 N–H and O–H groups in total. The van der Waals surface area contributed by atoms with Crippen LogP contribution in [-0.2, 0) is 0 Å². The van der Waals surface area contributed by atoms with Crippen LogP contribution >= 0.6 is 0 Å². The highest BCUT2D eigenvalue weighted by Gasteiger charge is 2.20. The third kappa shape index (κ3) is 2.89. The molecule has 0 aliphatic rings. The number of nitrogens with one attached hydrogen (secondary N) is 1. The van der Waals surface area contributed by atoms with Gasteiger partial charge in [0.2, 0.25) is 0 Å². The summed E-state index contributed by atoms with van der Waals surface area (Å²) in [7, 11) is 0. The van der Waals surface area contributed by atoms with Gasteiger partial charge in [-0.05, 0) is 30.7 Å². The summed E-state index contributed by atoms with van der Waals surface area (Å²) in [6.45, 7) is 1.40. The molecule has 0 fully saturated rings. The minimum atomic E-state index is -1.25. The summed E-state index contributed by atoms with van der Waals surface area (Å²) in [5.74, 6) is -4.28. The number of rotatable bonds is 3. The van der Waals surface area contributed by atoms with Crippen molar-refractivity contribution in [3.8, 4) is 0 Å². The van der Waals surface area contributed by atoms with Gasteiger partial charge >= 0.3 is 5.97 Å². The molecule has 21 heavy (non-hydrogen) atoms. The standard InChI is InChI=1S/C15H11F2NO3/c1-8-6-7-10(16)12(13(8)17)14(19)18-11-5-3-2-4-9(11)15(20)21/h2-7H,1H3,(H,18,19)(H,20,21). The first-order valence-electron chi connectivity index (χ1n) is 6.00. The maximum atomic E-state index is 13.9. The summed E-state index contributed by atoms with van der Waals surface area (Å²) in [5, 5.41) is 11.2. The summed E-state index contributed by atoms with van der Waals surface area (Å²) < 4.78 is 27.5. The van der Waals surface area contributed by atoms with Gasteiger partial charge < -0.3 is 10.4 Å². The molecule has 108 valence electrons. The Hall–Kier alpha value is -2.76. The molecule has 0 radical (unpaired) electrons. The predicted octanol–water partition coefficient (Wildman–Crippen LogP) is 3.22. The molecular weight excluding hydrogens is 280 g/mol. The van der Waals surface area contributed by atoms with Gasteiger partial charge in [-0.1, -0.05) is 18.2 Å². The smallest absolute Gasteiger partial charge is 0.337 e. The van der Waals surface area contributed by atoms with Crippen molar-refractivity contribution < 1.29 is 23.5 Å². The van der Waals surface area contributed by atoms with E-state index in [0.29, 0.717) is 0 Å². The Labute approximate surface area is 119 Å². The van der Waals surface area contributed by atoms with E-state index in [0.717, 1.165) is 6.07 Å². The molecule has 0 unspecified atom stereocenters. The van der Waals surface area contributed by atoms with Gasteiger partial charge in [-0.25, -0.2) is 13.6 Å². The lowest BCUT2D eigenvalue weighted by Crippen LogP contribution is -2.18. The average molecular weight is 291 g/mol. The Morgan fingerprint density at radius 3 is 2.43 bits per heavy atom. The minimum Gasteiger partial charge on any atom is -0.478 e. The maximum Gasteiger partial charge on any atom is 0.337 e. The number of carboxylic acids is 1. The number of halogens is 2. The number of benzene rings is 2. The molecule has 2 rings (SSSR count). The lowest BCUT2D eigenvalue weighted by atomic mass is 10.1. The first-order valence-corrected chi connectivity index (χ1v) is 6.00. The minimum absolute atomic E-state index is 0.0321. The second kappa shape index (κ2) is 5.70. The number of carbonyl (C=O) groups excluding carboxylic acids is 1. The van der Waals surface area contributed by atoms with Gasteiger partial charge in [0.05, 0.1) is 11.3 Å². The zero-order valence-electron chi connectivity index (χ0n) is 11.0. The van der Waals surface area contributed by atoms with Gasteiger partial charge in [0, 0.05) is 0 Å². The van der Waals surface area contributed by atoms with Crippen LogP contribution in [-0.4, -0.2) is 17.0 Å². The van der Waals surface area contributed by atoms with Crippen molar-refractivity contribution in [2.45, 2.75) is 6.92 Å². The molecule has 2 aromatic rings. The van der Waals surface area contributed by atoms with Gasteiger partial charge in [0.25, 0.3) is 5.91 Å². The maximum absolute atomic E-state index is 13.9. The van der Waals surface area contributed by atoms with Crippen molar-refractivity contribution in [2.75, 3.05) is 5.32 Å². The van der Waals surface area contributed by atoms with Crippen LogP contribution in [0, 0.1) is 18.6 Å². The Balaban J connectivity index is 2.40. The van der Waals surface area contributed by atoms with E-state index in [9.17, 15) is 18.4 Å². The predicted molar refractivity (Wildman–Crippen MR) is 72.4 cm³/mol. The van der Waals surface area contributed by atoms with Gasteiger partial charge in [-0.2, -0.15) is 0 Å². The van der Waals surface area contributed by atoms with E-state index in [-0.39, 0.29) is 16.8 Å². The molecule has 0 aliphatic heterocycles. The van der Waals surface area contributed by atoms with E-state index in [1.165, 1.54) is 37.3 Å². The molecule has 6 heteroatoms. The number of aromatic carboxylic acids is 1. The summed E-state index contributed by atoms with van der Waals surface area (Å²) in [4.78, 5) is 23.0. The van der Waals surface area contributed by atoms with E-state index in [4.69, 9.17) is 5.11 Å². The van der Waals surface area contributed by atoms with E-state index in [1.807, 2.05) is 0 Å². The van der Waals surface area contributed by atoms with Crippen molar-refractivity contribution in [2.24, 2.45) is 0 Å². The Morgan fingerprint density at radius 1 is 1.10 bits per heavy atom. The average Bonchev–Trinajstić information content (AvgIpc) is 2.43. The Bertz CT molecular complexity index is 729. The first-order chi connectivity index (χ1) is 9.91. The van der Waals surface area contributed by atoms with Crippen molar-refractivity contribution in [3.05, 3.63) is 64.7 Å². The summed E-state index contributed by atoms with van der Waals surface area (Å²) in [6, 6.07) is 7.80. The van der Waals surface area contributed by atoms with E-state index in [2.05, 4.69) is 5.32 Å². The fourth-order valence-corrected chi connectivity index (χ4v) is 1.83. The fraction of sp³-hybridized carbons (Fsp3) is 0.0667. The normalized spacial score (nSPS) is 10.2. The zero-order valence-corrected chi connectivity index (χ0v) is 11.0. The quantitative estimate of drug-likeness (QED) is 0.912. The molecular formula is C15H11F2NO3. The lowest BCUT2D eigenvalue weighted by molar-refractivity contribution is 0.0698. The third-order valence-corrected chi connectivity index (χ3v) is 2.92. The molecule has 4 nitrogen and oxygen atoms in total. The number of carboxylic acid groups (broad SMARTS) is 1. The summed E-state index contributed by atoms with van der Waals surface area (Å²) in [5.41, 5.74) is -0.821. The number of hydrogen-bond acceptors (Lipinski definition) is 2. The van der Waals surface area contributed by atoms with Crippen molar-refractivity contribution in [1.82, 2.24) is 0 Å². The van der Waals surface area contributed by atoms with Gasteiger partial charge in [-0.3, -0.25) is 4.79 Å². The second-order valence-electron chi connectivity index (χ2n) is 4.36. The number of para-hydroxylation sites is 1. The van der Waals surface area contributed by atoms with E-state index in [1.54, 1.807) is 0 Å². The van der Waals surface area contributed by atoms with Crippen LogP contribution < -0.4 is 5.32 Å². The third-order valence-electron chi connectivity index (χ3n) is 2.92. The second-order valence-corrected chi connectivity index (χ2v) is 4.36. The molecule has 0 atom stereocenters. The van der Waals surface area contributed by atoms with E-state index >= 15 is 0 Å². The lowest BCUT2D eigenvalue weighted by Gasteiger charge is -2.10. The van der Waals surface area contributed by atoms with Crippen LogP contribution in [0.4, 0.5) is 14.5 Å². The van der Waals surface area contributed by atoms with Crippen LogP contribution in [0.2, 0.25) is 0 Å². The van der Waals surface area contributed by atoms with Gasteiger partial charge in [-0.15, -0.1) is 0 Å². The van der Waals surface area contributed by atoms with Crippen LogP contribution in [0.3, 0.4) is 0 Å². The fourth-order valence-electron chi connectivity index (χ4n) is 1.83. The molecule has 0 aromatic heterocycles. The Kier molecular flexibility index (Phi) is 3.98. The number of amides is 1.